The normalized spacial score (nSPS) is 14.3. The van der Waals surface area contributed by atoms with Crippen LogP contribution in [0.4, 0.5) is 0 Å². The van der Waals surface area contributed by atoms with Crippen molar-refractivity contribution in [1.82, 2.24) is 0 Å². The van der Waals surface area contributed by atoms with Gasteiger partial charge < -0.3 is 0 Å². The first-order valence-electron chi connectivity index (χ1n) is 16.3. The van der Waals surface area contributed by atoms with Crippen LogP contribution in [0.25, 0.3) is 22.3 Å². The molecule has 0 atom stereocenters. The van der Waals surface area contributed by atoms with E-state index in [4.69, 9.17) is 0 Å². The van der Waals surface area contributed by atoms with Gasteiger partial charge in [0, 0.05) is 11.1 Å². The first-order valence-corrected chi connectivity index (χ1v) is 16.3. The van der Waals surface area contributed by atoms with Gasteiger partial charge in [0.15, 0.2) is 0 Å². The Labute approximate surface area is 280 Å². The highest BCUT2D eigenvalue weighted by Crippen LogP contribution is 2.62. The van der Waals surface area contributed by atoms with Gasteiger partial charge in [0.25, 0.3) is 0 Å². The lowest BCUT2D eigenvalue weighted by atomic mass is 9.65. The molecule has 0 amide bonds. The number of hydrogen-bond donors (Lipinski definition) is 0. The first-order chi connectivity index (χ1) is 23.7. The molecule has 2 heteroatoms. The largest absolute Gasteiger partial charge is 0.298 e. The van der Waals surface area contributed by atoms with Crippen molar-refractivity contribution in [2.24, 2.45) is 0 Å². The fraction of sp³-hybridized carbons (Fsp3) is 0.0435. The van der Waals surface area contributed by atoms with Crippen LogP contribution in [-0.2, 0) is 10.8 Å². The number of rotatable bonds is 6. The number of fused-ring (bicyclic) bond motifs is 6. The fourth-order valence-electron chi connectivity index (χ4n) is 8.69. The maximum Gasteiger partial charge on any atom is 0.150 e. The van der Waals surface area contributed by atoms with Crippen molar-refractivity contribution < 1.29 is 9.59 Å². The highest BCUT2D eigenvalue weighted by Gasteiger charge is 2.51. The molecular formula is C46H30O2. The molecule has 0 aromatic heterocycles. The minimum absolute atomic E-state index is 0.529. The maximum absolute atomic E-state index is 12.2. The van der Waals surface area contributed by atoms with Crippen molar-refractivity contribution in [3.05, 3.63) is 225 Å². The van der Waals surface area contributed by atoms with Gasteiger partial charge in [-0.1, -0.05) is 146 Å². The molecule has 0 radical (unpaired) electrons. The van der Waals surface area contributed by atoms with Crippen molar-refractivity contribution in [3.63, 3.8) is 0 Å². The van der Waals surface area contributed by atoms with Crippen LogP contribution in [0.5, 0.6) is 0 Å². The third kappa shape index (κ3) is 3.69. The summed E-state index contributed by atoms with van der Waals surface area (Å²) in [6, 6.07) is 59.8. The van der Waals surface area contributed by atoms with Crippen LogP contribution >= 0.6 is 0 Å². The van der Waals surface area contributed by atoms with Gasteiger partial charge in [-0.15, -0.1) is 0 Å². The standard InChI is InChI=1S/C46H30O2/c47-29-31-13-11-19-35(25-31)46(36-20-12-14-32(26-36)30-48)42-24-10-8-22-38(42)40-27-43-39(28-44(40)46)37-21-7-9-23-41(37)45(43,33-15-3-1-4-16-33)34-17-5-2-6-18-34/h1-30H. The van der Waals surface area contributed by atoms with E-state index in [1.165, 1.54) is 33.4 Å². The van der Waals surface area contributed by atoms with Gasteiger partial charge in [-0.25, -0.2) is 0 Å². The summed E-state index contributed by atoms with van der Waals surface area (Å²) < 4.78 is 0. The number of aldehydes is 2. The summed E-state index contributed by atoms with van der Waals surface area (Å²) in [6.45, 7) is 0. The van der Waals surface area contributed by atoms with Crippen molar-refractivity contribution >= 4 is 12.6 Å². The third-order valence-corrected chi connectivity index (χ3v) is 10.5. The van der Waals surface area contributed by atoms with Crippen LogP contribution in [-0.4, -0.2) is 12.6 Å². The Morgan fingerprint density at radius 3 is 1.12 bits per heavy atom. The van der Waals surface area contributed by atoms with Crippen LogP contribution in [0.2, 0.25) is 0 Å². The molecule has 0 saturated heterocycles. The summed E-state index contributed by atoms with van der Waals surface area (Å²) >= 11 is 0. The second kappa shape index (κ2) is 10.7. The van der Waals surface area contributed by atoms with E-state index in [9.17, 15) is 9.59 Å². The van der Waals surface area contributed by atoms with Crippen LogP contribution in [0.1, 0.15) is 65.2 Å². The lowest BCUT2D eigenvalue weighted by Crippen LogP contribution is -2.30. The molecule has 2 nitrogen and oxygen atoms in total. The highest BCUT2D eigenvalue weighted by molar-refractivity contribution is 5.95. The highest BCUT2D eigenvalue weighted by atomic mass is 16.1. The molecule has 0 aliphatic heterocycles. The van der Waals surface area contributed by atoms with Gasteiger partial charge in [0.1, 0.15) is 12.6 Å². The van der Waals surface area contributed by atoms with Crippen molar-refractivity contribution in [1.29, 1.82) is 0 Å². The van der Waals surface area contributed by atoms with Crippen LogP contribution in [0.3, 0.4) is 0 Å². The second-order valence-corrected chi connectivity index (χ2v) is 12.8. The molecule has 48 heavy (non-hydrogen) atoms. The zero-order chi connectivity index (χ0) is 32.3. The quantitative estimate of drug-likeness (QED) is 0.175. The Hall–Kier alpha value is -6.12. The Bertz CT molecular complexity index is 2300. The van der Waals surface area contributed by atoms with Crippen molar-refractivity contribution in [2.45, 2.75) is 10.8 Å². The molecule has 7 aromatic rings. The lowest BCUT2D eigenvalue weighted by Gasteiger charge is -2.35. The Morgan fingerprint density at radius 2 is 0.688 bits per heavy atom. The average Bonchev–Trinajstić information content (AvgIpc) is 3.62. The number of carbonyl (C=O) groups is 2. The molecule has 0 heterocycles. The topological polar surface area (TPSA) is 34.1 Å². The molecule has 0 unspecified atom stereocenters. The van der Waals surface area contributed by atoms with Gasteiger partial charge in [0.05, 0.1) is 10.8 Å². The molecule has 0 spiro atoms. The molecule has 2 aliphatic carbocycles. The summed E-state index contributed by atoms with van der Waals surface area (Å²) in [4.78, 5) is 24.4. The third-order valence-electron chi connectivity index (χ3n) is 10.5. The number of carbonyl (C=O) groups excluding carboxylic acids is 2. The molecule has 0 saturated carbocycles. The summed E-state index contributed by atoms with van der Waals surface area (Å²) in [5.74, 6) is 0. The first kappa shape index (κ1) is 28.1. The van der Waals surface area contributed by atoms with E-state index in [1.54, 1.807) is 0 Å². The van der Waals surface area contributed by atoms with Crippen LogP contribution in [0, 0.1) is 0 Å². The van der Waals surface area contributed by atoms with Crippen LogP contribution in [0.15, 0.2) is 170 Å². The van der Waals surface area contributed by atoms with Crippen molar-refractivity contribution in [3.8, 4) is 22.3 Å². The molecule has 0 N–H and O–H groups in total. The molecule has 0 fully saturated rings. The molecular weight excluding hydrogens is 585 g/mol. The smallest absolute Gasteiger partial charge is 0.150 e. The Balaban J connectivity index is 1.46. The van der Waals surface area contributed by atoms with Gasteiger partial charge in [-0.2, -0.15) is 0 Å². The monoisotopic (exact) mass is 614 g/mol. The summed E-state index contributed by atoms with van der Waals surface area (Å²) in [6.07, 6.45) is 1.82. The SMILES string of the molecule is O=Cc1cccc(C2(c3cccc(C=O)c3)c3ccccc3-c3cc4c(cc32)-c2ccccc2C4(c2ccccc2)c2ccccc2)c1. The zero-order valence-electron chi connectivity index (χ0n) is 26.1. The van der Waals surface area contributed by atoms with E-state index in [2.05, 4.69) is 133 Å². The van der Waals surface area contributed by atoms with E-state index in [1.807, 2.05) is 36.4 Å². The predicted molar refractivity (Wildman–Crippen MR) is 192 cm³/mol. The maximum atomic E-state index is 12.2. The summed E-state index contributed by atoms with van der Waals surface area (Å²) in [7, 11) is 0. The molecule has 2 aliphatic rings. The van der Waals surface area contributed by atoms with Gasteiger partial charge in [0.2, 0.25) is 0 Å². The average molecular weight is 615 g/mol. The van der Waals surface area contributed by atoms with E-state index in [-0.39, 0.29) is 0 Å². The van der Waals surface area contributed by atoms with Gasteiger partial charge >= 0.3 is 0 Å². The minimum atomic E-state index is -0.765. The summed E-state index contributed by atoms with van der Waals surface area (Å²) in [5.41, 5.74) is 13.8. The van der Waals surface area contributed by atoms with Crippen LogP contribution < -0.4 is 0 Å². The van der Waals surface area contributed by atoms with E-state index in [0.717, 1.165) is 46.0 Å². The van der Waals surface area contributed by atoms with Gasteiger partial charge in [-0.3, -0.25) is 9.59 Å². The molecule has 226 valence electrons. The lowest BCUT2D eigenvalue weighted by molar-refractivity contribution is 0.111. The molecule has 0 bridgehead atoms. The fourth-order valence-corrected chi connectivity index (χ4v) is 8.69. The Morgan fingerprint density at radius 1 is 0.312 bits per heavy atom. The summed E-state index contributed by atoms with van der Waals surface area (Å²) in [5, 5.41) is 0. The zero-order valence-corrected chi connectivity index (χ0v) is 26.1. The number of benzene rings is 7. The van der Waals surface area contributed by atoms with E-state index >= 15 is 0 Å². The minimum Gasteiger partial charge on any atom is -0.298 e. The second-order valence-electron chi connectivity index (χ2n) is 12.8. The van der Waals surface area contributed by atoms with Crippen molar-refractivity contribution in [2.75, 3.05) is 0 Å². The predicted octanol–water partition coefficient (Wildman–Crippen LogP) is 10.0. The Kier molecular flexibility index (Phi) is 6.28. The van der Waals surface area contributed by atoms with E-state index in [0.29, 0.717) is 11.1 Å². The number of hydrogen-bond acceptors (Lipinski definition) is 2. The van der Waals surface area contributed by atoms with E-state index < -0.39 is 10.8 Å². The van der Waals surface area contributed by atoms with Gasteiger partial charge in [-0.05, 0) is 91.0 Å². The molecule has 9 rings (SSSR count). The molecule has 7 aromatic carbocycles.